The molecule has 7 heteroatoms. The lowest BCUT2D eigenvalue weighted by Gasteiger charge is -2.40. The molecule has 112 valence electrons. The van der Waals surface area contributed by atoms with Crippen molar-refractivity contribution in [1.82, 2.24) is 9.03 Å². The van der Waals surface area contributed by atoms with E-state index >= 15 is 0 Å². The van der Waals surface area contributed by atoms with E-state index in [0.29, 0.717) is 37.6 Å². The standard InChI is InChI=1S/C12H23BrN2O3S/c1-11-2-4-12(10-13,5-3-11)14-19(16,17)15-6-8-18-9-7-15/h11,14H,2-10H2,1H3. The molecule has 2 fully saturated rings. The van der Waals surface area contributed by atoms with Gasteiger partial charge in [0.25, 0.3) is 10.2 Å². The Kier molecular flexibility index (Phi) is 5.28. The van der Waals surface area contributed by atoms with Crippen LogP contribution in [0, 0.1) is 5.92 Å². The minimum atomic E-state index is -3.40. The molecule has 1 aliphatic heterocycles. The van der Waals surface area contributed by atoms with Crippen molar-refractivity contribution in [3.63, 3.8) is 0 Å². The minimum Gasteiger partial charge on any atom is -0.379 e. The molecule has 0 atom stereocenters. The summed E-state index contributed by atoms with van der Waals surface area (Å²) in [5, 5.41) is 0.677. The zero-order valence-corrected chi connectivity index (χ0v) is 13.8. The third-order valence-electron chi connectivity index (χ3n) is 4.14. The molecule has 0 aromatic carbocycles. The monoisotopic (exact) mass is 354 g/mol. The lowest BCUT2D eigenvalue weighted by molar-refractivity contribution is 0.0716. The van der Waals surface area contributed by atoms with Gasteiger partial charge >= 0.3 is 0 Å². The van der Waals surface area contributed by atoms with E-state index in [1.54, 1.807) is 0 Å². The van der Waals surface area contributed by atoms with Crippen molar-refractivity contribution in [2.45, 2.75) is 38.1 Å². The molecule has 0 spiro atoms. The summed E-state index contributed by atoms with van der Waals surface area (Å²) in [6.07, 6.45) is 3.97. The van der Waals surface area contributed by atoms with E-state index < -0.39 is 10.2 Å². The van der Waals surface area contributed by atoms with Crippen molar-refractivity contribution < 1.29 is 13.2 Å². The Hall–Kier alpha value is 0.310. The molecule has 0 amide bonds. The molecule has 2 aliphatic rings. The van der Waals surface area contributed by atoms with Gasteiger partial charge in [-0.25, -0.2) is 0 Å². The van der Waals surface area contributed by atoms with Crippen LogP contribution in [0.1, 0.15) is 32.6 Å². The van der Waals surface area contributed by atoms with Gasteiger partial charge in [-0.1, -0.05) is 22.9 Å². The maximum atomic E-state index is 12.4. The summed E-state index contributed by atoms with van der Waals surface area (Å²) in [4.78, 5) is 0. The fraction of sp³-hybridized carbons (Fsp3) is 1.00. The first-order valence-electron chi connectivity index (χ1n) is 6.90. The van der Waals surface area contributed by atoms with E-state index in [0.717, 1.165) is 25.7 Å². The van der Waals surface area contributed by atoms with Crippen LogP contribution in [0.3, 0.4) is 0 Å². The average molecular weight is 355 g/mol. The summed E-state index contributed by atoms with van der Waals surface area (Å²) in [5.41, 5.74) is -0.316. The minimum absolute atomic E-state index is 0.316. The normalized spacial score (nSPS) is 34.3. The molecule has 0 aromatic heterocycles. The van der Waals surface area contributed by atoms with Crippen molar-refractivity contribution in [2.75, 3.05) is 31.6 Å². The van der Waals surface area contributed by atoms with E-state index in [1.165, 1.54) is 4.31 Å². The number of alkyl halides is 1. The van der Waals surface area contributed by atoms with Crippen LogP contribution in [-0.4, -0.2) is 49.9 Å². The van der Waals surface area contributed by atoms with Gasteiger partial charge in [0, 0.05) is 24.0 Å². The largest absolute Gasteiger partial charge is 0.379 e. The smallest absolute Gasteiger partial charge is 0.280 e. The van der Waals surface area contributed by atoms with Gasteiger partial charge in [-0.2, -0.15) is 17.4 Å². The van der Waals surface area contributed by atoms with Crippen LogP contribution in [0.15, 0.2) is 0 Å². The second-order valence-corrected chi connectivity index (χ2v) is 7.95. The van der Waals surface area contributed by atoms with E-state index in [9.17, 15) is 8.42 Å². The van der Waals surface area contributed by atoms with Gasteiger partial charge in [0.05, 0.1) is 13.2 Å². The third-order valence-corrected chi connectivity index (χ3v) is 6.95. The number of halogens is 1. The highest BCUT2D eigenvalue weighted by Crippen LogP contribution is 2.34. The molecule has 5 nitrogen and oxygen atoms in total. The summed E-state index contributed by atoms with van der Waals surface area (Å²) in [6, 6.07) is 0. The number of ether oxygens (including phenoxy) is 1. The maximum absolute atomic E-state index is 12.4. The number of hydrogen-bond acceptors (Lipinski definition) is 3. The molecule has 0 radical (unpaired) electrons. The highest BCUT2D eigenvalue weighted by Gasteiger charge is 2.39. The molecule has 0 bridgehead atoms. The maximum Gasteiger partial charge on any atom is 0.280 e. The second-order valence-electron chi connectivity index (χ2n) is 5.72. The average Bonchev–Trinajstić information content (AvgIpc) is 2.42. The Bertz CT molecular complexity index is 388. The summed E-state index contributed by atoms with van der Waals surface area (Å²) in [5.74, 6) is 0.695. The van der Waals surface area contributed by atoms with Crippen LogP contribution in [0.5, 0.6) is 0 Å². The molecule has 2 rings (SSSR count). The van der Waals surface area contributed by atoms with Crippen molar-refractivity contribution in [2.24, 2.45) is 5.92 Å². The molecule has 1 heterocycles. The molecule has 0 unspecified atom stereocenters. The first kappa shape index (κ1) is 15.7. The van der Waals surface area contributed by atoms with Gasteiger partial charge < -0.3 is 4.74 Å². The summed E-state index contributed by atoms with van der Waals surface area (Å²) < 4.78 is 34.5. The molecular formula is C12H23BrN2O3S. The van der Waals surface area contributed by atoms with E-state index in [4.69, 9.17) is 4.74 Å². The molecule has 1 saturated carbocycles. The first-order valence-corrected chi connectivity index (χ1v) is 9.46. The molecule has 0 aromatic rings. The fourth-order valence-electron chi connectivity index (χ4n) is 2.70. The van der Waals surface area contributed by atoms with Crippen LogP contribution < -0.4 is 4.72 Å². The van der Waals surface area contributed by atoms with Crippen molar-refractivity contribution in [3.05, 3.63) is 0 Å². The molecule has 1 aliphatic carbocycles. The fourth-order valence-corrected chi connectivity index (χ4v) is 5.17. The lowest BCUT2D eigenvalue weighted by atomic mass is 9.79. The molecule has 19 heavy (non-hydrogen) atoms. The highest BCUT2D eigenvalue weighted by atomic mass is 79.9. The molecule has 1 saturated heterocycles. The van der Waals surface area contributed by atoms with Crippen LogP contribution >= 0.6 is 15.9 Å². The Morgan fingerprint density at radius 2 is 1.89 bits per heavy atom. The van der Waals surface area contributed by atoms with Crippen LogP contribution in [0.25, 0.3) is 0 Å². The van der Waals surface area contributed by atoms with Gasteiger partial charge in [-0.3, -0.25) is 0 Å². The highest BCUT2D eigenvalue weighted by molar-refractivity contribution is 9.09. The van der Waals surface area contributed by atoms with Crippen LogP contribution in [0.4, 0.5) is 0 Å². The summed E-state index contributed by atoms with van der Waals surface area (Å²) >= 11 is 3.49. The van der Waals surface area contributed by atoms with Gasteiger partial charge in [0.1, 0.15) is 0 Å². The zero-order valence-electron chi connectivity index (χ0n) is 11.4. The van der Waals surface area contributed by atoms with Crippen LogP contribution in [-0.2, 0) is 14.9 Å². The number of morpholine rings is 1. The van der Waals surface area contributed by atoms with E-state index in [2.05, 4.69) is 27.6 Å². The third kappa shape index (κ3) is 3.91. The SMILES string of the molecule is CC1CCC(CBr)(NS(=O)(=O)N2CCOCC2)CC1. The predicted octanol–water partition coefficient (Wildman–Crippen LogP) is 1.50. The Morgan fingerprint density at radius 1 is 1.32 bits per heavy atom. The zero-order chi connectivity index (χ0) is 13.9. The first-order chi connectivity index (χ1) is 8.97. The van der Waals surface area contributed by atoms with E-state index in [-0.39, 0.29) is 5.54 Å². The Balaban J connectivity index is 2.04. The number of hydrogen-bond donors (Lipinski definition) is 1. The van der Waals surface area contributed by atoms with Crippen LogP contribution in [0.2, 0.25) is 0 Å². The molecule has 1 N–H and O–H groups in total. The number of rotatable bonds is 4. The van der Waals surface area contributed by atoms with E-state index in [1.807, 2.05) is 0 Å². The Morgan fingerprint density at radius 3 is 2.42 bits per heavy atom. The number of nitrogens with one attached hydrogen (secondary N) is 1. The van der Waals surface area contributed by atoms with Gasteiger partial charge in [-0.15, -0.1) is 0 Å². The topological polar surface area (TPSA) is 58.6 Å². The quantitative estimate of drug-likeness (QED) is 0.778. The van der Waals surface area contributed by atoms with Gasteiger partial charge in [-0.05, 0) is 31.6 Å². The Labute approximate surface area is 124 Å². The summed E-state index contributed by atoms with van der Waals surface area (Å²) in [7, 11) is -3.40. The lowest BCUT2D eigenvalue weighted by Crippen LogP contribution is -2.57. The van der Waals surface area contributed by atoms with Crippen molar-refractivity contribution >= 4 is 26.1 Å². The van der Waals surface area contributed by atoms with Crippen molar-refractivity contribution in [1.29, 1.82) is 0 Å². The number of nitrogens with zero attached hydrogens (tertiary/aromatic N) is 1. The van der Waals surface area contributed by atoms with Crippen molar-refractivity contribution in [3.8, 4) is 0 Å². The summed E-state index contributed by atoms with van der Waals surface area (Å²) in [6.45, 7) is 4.10. The second kappa shape index (κ2) is 6.39. The predicted molar refractivity (Wildman–Crippen MR) is 78.6 cm³/mol. The molecular weight excluding hydrogens is 332 g/mol. The van der Waals surface area contributed by atoms with Gasteiger partial charge in [0.2, 0.25) is 0 Å². The van der Waals surface area contributed by atoms with Gasteiger partial charge in [0.15, 0.2) is 0 Å².